The Morgan fingerprint density at radius 1 is 1.15 bits per heavy atom. The van der Waals surface area contributed by atoms with Crippen molar-refractivity contribution in [2.45, 2.75) is 13.0 Å². The number of esters is 1. The SMILES string of the molecule is COC(=O)c1ccc(C=CCCNC(=O)OCc2ccccc2)c(N)c1. The average molecular weight is 354 g/mol. The van der Waals surface area contributed by atoms with Crippen LogP contribution in [0, 0.1) is 0 Å². The fraction of sp³-hybridized carbons (Fsp3) is 0.200. The van der Waals surface area contributed by atoms with Crippen LogP contribution in [0.15, 0.2) is 54.6 Å². The van der Waals surface area contributed by atoms with Gasteiger partial charge in [-0.3, -0.25) is 0 Å². The third-order valence-electron chi connectivity index (χ3n) is 3.60. The normalized spacial score (nSPS) is 10.5. The number of nitrogens with one attached hydrogen (secondary N) is 1. The van der Waals surface area contributed by atoms with Crippen molar-refractivity contribution in [1.82, 2.24) is 5.32 Å². The van der Waals surface area contributed by atoms with Crippen molar-refractivity contribution in [2.75, 3.05) is 19.4 Å². The lowest BCUT2D eigenvalue weighted by Crippen LogP contribution is -2.24. The minimum absolute atomic E-state index is 0.242. The zero-order valence-electron chi connectivity index (χ0n) is 14.6. The van der Waals surface area contributed by atoms with Gasteiger partial charge in [0.2, 0.25) is 0 Å². The lowest BCUT2D eigenvalue weighted by Gasteiger charge is -2.06. The standard InChI is InChI=1S/C20H22N2O4/c1-25-19(23)17-11-10-16(18(21)13-17)9-5-6-12-22-20(24)26-14-15-7-3-2-4-8-15/h2-5,7-11,13H,6,12,14,21H2,1H3,(H,22,24). The molecule has 0 radical (unpaired) electrons. The van der Waals surface area contributed by atoms with Crippen LogP contribution < -0.4 is 11.1 Å². The van der Waals surface area contributed by atoms with E-state index in [1.54, 1.807) is 18.2 Å². The average Bonchev–Trinajstić information content (AvgIpc) is 2.67. The molecule has 3 N–H and O–H groups in total. The summed E-state index contributed by atoms with van der Waals surface area (Å²) >= 11 is 0. The number of alkyl carbamates (subject to hydrolysis) is 1. The maximum Gasteiger partial charge on any atom is 0.407 e. The highest BCUT2D eigenvalue weighted by atomic mass is 16.5. The van der Waals surface area contributed by atoms with E-state index in [2.05, 4.69) is 10.1 Å². The second-order valence-corrected chi connectivity index (χ2v) is 5.51. The van der Waals surface area contributed by atoms with Crippen molar-refractivity contribution in [2.24, 2.45) is 0 Å². The first-order chi connectivity index (χ1) is 12.6. The van der Waals surface area contributed by atoms with E-state index in [0.29, 0.717) is 24.2 Å². The Kier molecular flexibility index (Phi) is 7.24. The third-order valence-corrected chi connectivity index (χ3v) is 3.60. The Morgan fingerprint density at radius 2 is 1.92 bits per heavy atom. The highest BCUT2D eigenvalue weighted by molar-refractivity contribution is 5.91. The van der Waals surface area contributed by atoms with Crippen molar-refractivity contribution in [1.29, 1.82) is 0 Å². The molecule has 0 unspecified atom stereocenters. The summed E-state index contributed by atoms with van der Waals surface area (Å²) in [4.78, 5) is 23.0. The van der Waals surface area contributed by atoms with Crippen LogP contribution >= 0.6 is 0 Å². The van der Waals surface area contributed by atoms with E-state index < -0.39 is 12.1 Å². The van der Waals surface area contributed by atoms with Crippen molar-refractivity contribution < 1.29 is 19.1 Å². The first-order valence-corrected chi connectivity index (χ1v) is 8.19. The molecular weight excluding hydrogens is 332 g/mol. The number of carbonyl (C=O) groups is 2. The van der Waals surface area contributed by atoms with Gasteiger partial charge in [0, 0.05) is 12.2 Å². The highest BCUT2D eigenvalue weighted by Gasteiger charge is 2.06. The number of amides is 1. The Bertz CT molecular complexity index is 773. The minimum Gasteiger partial charge on any atom is -0.465 e. The molecular formula is C20H22N2O4. The maximum absolute atomic E-state index is 11.6. The van der Waals surface area contributed by atoms with Crippen LogP contribution in [0.4, 0.5) is 10.5 Å². The first kappa shape index (κ1) is 19.1. The fourth-order valence-corrected chi connectivity index (χ4v) is 2.21. The second-order valence-electron chi connectivity index (χ2n) is 5.51. The zero-order chi connectivity index (χ0) is 18.8. The summed E-state index contributed by atoms with van der Waals surface area (Å²) in [6.45, 7) is 0.690. The van der Waals surface area contributed by atoms with Gasteiger partial charge in [-0.25, -0.2) is 9.59 Å². The molecule has 26 heavy (non-hydrogen) atoms. The summed E-state index contributed by atoms with van der Waals surface area (Å²) in [7, 11) is 1.32. The summed E-state index contributed by atoms with van der Waals surface area (Å²) in [5.41, 5.74) is 8.55. The number of nitrogens with two attached hydrogens (primary N) is 1. The van der Waals surface area contributed by atoms with Gasteiger partial charge in [0.05, 0.1) is 12.7 Å². The summed E-state index contributed by atoms with van der Waals surface area (Å²) in [5, 5.41) is 2.68. The minimum atomic E-state index is -0.454. The van der Waals surface area contributed by atoms with E-state index >= 15 is 0 Å². The van der Waals surface area contributed by atoms with Crippen molar-refractivity contribution in [3.63, 3.8) is 0 Å². The van der Waals surface area contributed by atoms with Gasteiger partial charge in [-0.1, -0.05) is 48.6 Å². The number of nitrogen functional groups attached to an aromatic ring is 1. The van der Waals surface area contributed by atoms with Crippen molar-refractivity contribution >= 4 is 23.8 Å². The number of hydrogen-bond acceptors (Lipinski definition) is 5. The molecule has 0 aliphatic heterocycles. The molecule has 136 valence electrons. The van der Waals surface area contributed by atoms with Crippen LogP contribution in [0.25, 0.3) is 6.08 Å². The van der Waals surface area contributed by atoms with Crippen LogP contribution in [-0.4, -0.2) is 25.7 Å². The number of rotatable bonds is 7. The molecule has 6 heteroatoms. The smallest absolute Gasteiger partial charge is 0.407 e. The second kappa shape index (κ2) is 9.88. The summed E-state index contributed by atoms with van der Waals surface area (Å²) < 4.78 is 9.77. The quantitative estimate of drug-likeness (QED) is 0.452. The van der Waals surface area contributed by atoms with Crippen LogP contribution in [-0.2, 0) is 16.1 Å². The maximum atomic E-state index is 11.6. The molecule has 0 aliphatic carbocycles. The van der Waals surface area contributed by atoms with Gasteiger partial charge in [0.25, 0.3) is 0 Å². The lowest BCUT2D eigenvalue weighted by molar-refractivity contribution is 0.0600. The van der Waals surface area contributed by atoms with Crippen molar-refractivity contribution in [3.8, 4) is 0 Å². The lowest BCUT2D eigenvalue weighted by atomic mass is 10.1. The molecule has 6 nitrogen and oxygen atoms in total. The summed E-state index contributed by atoms with van der Waals surface area (Å²) in [6, 6.07) is 14.5. The molecule has 1 amide bonds. The van der Waals surface area contributed by atoms with E-state index in [1.807, 2.05) is 42.5 Å². The molecule has 0 spiro atoms. The number of ether oxygens (including phenoxy) is 2. The van der Waals surface area contributed by atoms with E-state index in [0.717, 1.165) is 11.1 Å². The Hall–Kier alpha value is -3.28. The molecule has 0 saturated heterocycles. The van der Waals surface area contributed by atoms with Crippen molar-refractivity contribution in [3.05, 3.63) is 71.3 Å². The van der Waals surface area contributed by atoms with Gasteiger partial charge in [-0.05, 0) is 29.7 Å². The van der Waals surface area contributed by atoms with E-state index in [-0.39, 0.29) is 6.61 Å². The molecule has 0 bridgehead atoms. The van der Waals surface area contributed by atoms with E-state index in [1.165, 1.54) is 7.11 Å². The van der Waals surface area contributed by atoms with Gasteiger partial charge >= 0.3 is 12.1 Å². The number of anilines is 1. The predicted molar refractivity (Wildman–Crippen MR) is 100 cm³/mol. The molecule has 2 aromatic carbocycles. The molecule has 0 aliphatic rings. The van der Waals surface area contributed by atoms with Gasteiger partial charge < -0.3 is 20.5 Å². The third kappa shape index (κ3) is 5.98. The number of carbonyl (C=O) groups excluding carboxylic acids is 2. The number of methoxy groups -OCH3 is 1. The Labute approximate surface area is 152 Å². The predicted octanol–water partition coefficient (Wildman–Crippen LogP) is 3.39. The van der Waals surface area contributed by atoms with Gasteiger partial charge in [-0.2, -0.15) is 0 Å². The van der Waals surface area contributed by atoms with Gasteiger partial charge in [-0.15, -0.1) is 0 Å². The van der Waals surface area contributed by atoms with Gasteiger partial charge in [0.1, 0.15) is 6.61 Å². The topological polar surface area (TPSA) is 90.6 Å². The van der Waals surface area contributed by atoms with Crippen LogP contribution in [0.1, 0.15) is 27.9 Å². The molecule has 2 rings (SSSR count). The van der Waals surface area contributed by atoms with Crippen LogP contribution in [0.2, 0.25) is 0 Å². The largest absolute Gasteiger partial charge is 0.465 e. The summed E-state index contributed by atoms with van der Waals surface area (Å²) in [6.07, 6.45) is 3.90. The van der Waals surface area contributed by atoms with E-state index in [4.69, 9.17) is 10.5 Å². The molecule has 0 saturated carbocycles. The molecule has 0 fully saturated rings. The first-order valence-electron chi connectivity index (χ1n) is 8.19. The Morgan fingerprint density at radius 3 is 2.62 bits per heavy atom. The number of hydrogen-bond donors (Lipinski definition) is 2. The molecule has 2 aromatic rings. The highest BCUT2D eigenvalue weighted by Crippen LogP contribution is 2.16. The van der Waals surface area contributed by atoms with Gasteiger partial charge in [0.15, 0.2) is 0 Å². The molecule has 0 aromatic heterocycles. The van der Waals surface area contributed by atoms with E-state index in [9.17, 15) is 9.59 Å². The fourth-order valence-electron chi connectivity index (χ4n) is 2.21. The summed E-state index contributed by atoms with van der Waals surface area (Å²) in [5.74, 6) is -0.426. The monoisotopic (exact) mass is 354 g/mol. The van der Waals surface area contributed by atoms with Crippen LogP contribution in [0.3, 0.4) is 0 Å². The molecule has 0 heterocycles. The zero-order valence-corrected chi connectivity index (χ0v) is 14.6. The number of benzene rings is 2. The molecule has 0 atom stereocenters. The Balaban J connectivity index is 1.72. The van der Waals surface area contributed by atoms with Crippen LogP contribution in [0.5, 0.6) is 0 Å².